The predicted molar refractivity (Wildman–Crippen MR) is 149 cm³/mol. The molecule has 3 aromatic rings. The fourth-order valence-corrected chi connectivity index (χ4v) is 6.84. The monoisotopic (exact) mass is 558 g/mol. The molecule has 1 saturated heterocycles. The van der Waals surface area contributed by atoms with E-state index in [1.165, 1.54) is 27.8 Å². The molecule has 2 aromatic carbocycles. The summed E-state index contributed by atoms with van der Waals surface area (Å²) >= 11 is 1.51. The summed E-state index contributed by atoms with van der Waals surface area (Å²) in [5.41, 5.74) is 2.58. The van der Waals surface area contributed by atoms with Crippen LogP contribution in [-0.4, -0.2) is 48.5 Å². The Morgan fingerprint density at radius 2 is 1.76 bits per heavy atom. The highest BCUT2D eigenvalue weighted by Gasteiger charge is 2.26. The van der Waals surface area contributed by atoms with Crippen LogP contribution in [0.15, 0.2) is 63.8 Å². The minimum Gasteiger partial charge on any atom is -0.379 e. The molecule has 1 aliphatic heterocycles. The Kier molecular flexibility index (Phi) is 9.48. The number of ether oxygens (including phenoxy) is 1. The Labute approximate surface area is 227 Å². The van der Waals surface area contributed by atoms with Gasteiger partial charge in [0.2, 0.25) is 10.0 Å². The van der Waals surface area contributed by atoms with E-state index in [1.807, 2.05) is 5.38 Å². The van der Waals surface area contributed by atoms with Gasteiger partial charge in [0, 0.05) is 37.1 Å². The third kappa shape index (κ3) is 6.58. The number of non-ortho nitro benzene ring substituents is 1. The van der Waals surface area contributed by atoms with Gasteiger partial charge in [-0.15, -0.1) is 11.3 Å². The first-order valence-electron chi connectivity index (χ1n) is 13.0. The Hall–Kier alpha value is -2.86. The number of morpholine rings is 1. The van der Waals surface area contributed by atoms with Crippen LogP contribution in [0.3, 0.4) is 0 Å². The first-order chi connectivity index (χ1) is 18.3. The van der Waals surface area contributed by atoms with Crippen molar-refractivity contribution in [2.45, 2.75) is 51.0 Å². The van der Waals surface area contributed by atoms with E-state index in [1.54, 1.807) is 36.4 Å². The molecule has 9 nitrogen and oxygen atoms in total. The Bertz CT molecular complexity index is 1390. The number of nitro groups is 1. The second kappa shape index (κ2) is 12.8. The van der Waals surface area contributed by atoms with Crippen LogP contribution in [0.5, 0.6) is 0 Å². The molecule has 4 rings (SSSR count). The number of nitro benzene ring substituents is 1. The molecule has 1 aliphatic rings. The van der Waals surface area contributed by atoms with Crippen molar-refractivity contribution in [3.8, 4) is 11.3 Å². The fraction of sp³-hybridized carbons (Fsp3) is 0.444. The van der Waals surface area contributed by atoms with Gasteiger partial charge < -0.3 is 9.30 Å². The van der Waals surface area contributed by atoms with Gasteiger partial charge in [0.15, 0.2) is 4.80 Å². The molecular weight excluding hydrogens is 524 g/mol. The molecule has 0 amide bonds. The summed E-state index contributed by atoms with van der Waals surface area (Å²) in [5, 5.41) is 13.2. The summed E-state index contributed by atoms with van der Waals surface area (Å²) in [6.45, 7) is 6.68. The van der Waals surface area contributed by atoms with Gasteiger partial charge >= 0.3 is 0 Å². The molecule has 1 aromatic heterocycles. The Morgan fingerprint density at radius 1 is 1.08 bits per heavy atom. The van der Waals surface area contributed by atoms with Gasteiger partial charge in [0.1, 0.15) is 0 Å². The molecule has 204 valence electrons. The van der Waals surface area contributed by atoms with E-state index in [-0.39, 0.29) is 10.6 Å². The van der Waals surface area contributed by atoms with Crippen molar-refractivity contribution in [3.63, 3.8) is 0 Å². The number of hydrogen-bond donors (Lipinski definition) is 0. The molecule has 0 saturated carbocycles. The number of sulfonamides is 1. The highest BCUT2D eigenvalue weighted by Crippen LogP contribution is 2.26. The van der Waals surface area contributed by atoms with Crippen molar-refractivity contribution >= 4 is 32.7 Å². The zero-order chi connectivity index (χ0) is 27.1. The van der Waals surface area contributed by atoms with Crippen molar-refractivity contribution in [2.24, 2.45) is 10.9 Å². The van der Waals surface area contributed by atoms with Crippen LogP contribution in [-0.2, 0) is 21.3 Å². The second-order valence-electron chi connectivity index (χ2n) is 9.36. The predicted octanol–water partition coefficient (Wildman–Crippen LogP) is 5.59. The summed E-state index contributed by atoms with van der Waals surface area (Å²) in [6, 6.07) is 13.3. The van der Waals surface area contributed by atoms with Gasteiger partial charge in [-0.2, -0.15) is 4.31 Å². The summed E-state index contributed by atoms with van der Waals surface area (Å²) in [6.07, 6.45) is 4.44. The third-order valence-corrected chi connectivity index (χ3v) is 9.60. The lowest BCUT2D eigenvalue weighted by atomic mass is 9.99. The van der Waals surface area contributed by atoms with Crippen molar-refractivity contribution in [1.29, 1.82) is 0 Å². The van der Waals surface area contributed by atoms with Crippen LogP contribution in [0.2, 0.25) is 0 Å². The maximum Gasteiger partial charge on any atom is 0.269 e. The smallest absolute Gasteiger partial charge is 0.269 e. The highest BCUT2D eigenvalue weighted by atomic mass is 32.2. The Balaban J connectivity index is 1.68. The number of unbranched alkanes of at least 4 members (excludes halogenated alkanes) is 1. The normalized spacial score (nSPS) is 16.0. The van der Waals surface area contributed by atoms with E-state index in [4.69, 9.17) is 9.73 Å². The van der Waals surface area contributed by atoms with Crippen molar-refractivity contribution < 1.29 is 18.1 Å². The average molecular weight is 559 g/mol. The first kappa shape index (κ1) is 28.2. The first-order valence-corrected chi connectivity index (χ1v) is 15.3. The van der Waals surface area contributed by atoms with E-state index in [9.17, 15) is 18.5 Å². The SMILES string of the molecule is CCCCC(CC)Cn1c(-c2ccc([N+](=O)[O-])cc2)csc1=Nc1ccc(S(=O)(=O)N2CCOCC2)cc1. The summed E-state index contributed by atoms with van der Waals surface area (Å²) in [7, 11) is -3.57. The molecule has 1 atom stereocenters. The molecular formula is C27H34N4O5S2. The minimum absolute atomic E-state index is 0.0574. The van der Waals surface area contributed by atoms with Gasteiger partial charge in [-0.05, 0) is 54.3 Å². The third-order valence-electron chi connectivity index (χ3n) is 6.82. The standard InChI is InChI=1S/C27H34N4O5S2/c1-3-5-6-21(4-2)19-30-26(22-7-11-24(12-8-22)31(32)33)20-37-27(30)28-23-9-13-25(14-10-23)38(34,35)29-15-17-36-18-16-29/h7-14,20-21H,3-6,15-19H2,1-2H3. The lowest BCUT2D eigenvalue weighted by Crippen LogP contribution is -2.40. The summed E-state index contributed by atoms with van der Waals surface area (Å²) < 4.78 is 34.9. The molecule has 0 spiro atoms. The van der Waals surface area contributed by atoms with E-state index in [0.717, 1.165) is 48.3 Å². The second-order valence-corrected chi connectivity index (χ2v) is 12.1. The molecule has 38 heavy (non-hydrogen) atoms. The van der Waals surface area contributed by atoms with Gasteiger partial charge in [-0.3, -0.25) is 10.1 Å². The zero-order valence-corrected chi connectivity index (χ0v) is 23.4. The Morgan fingerprint density at radius 3 is 2.37 bits per heavy atom. The summed E-state index contributed by atoms with van der Waals surface area (Å²) in [4.78, 5) is 16.7. The lowest BCUT2D eigenvalue weighted by molar-refractivity contribution is -0.384. The van der Waals surface area contributed by atoms with Gasteiger partial charge in [-0.1, -0.05) is 33.1 Å². The number of aromatic nitrogens is 1. The molecule has 0 N–H and O–H groups in total. The van der Waals surface area contributed by atoms with Gasteiger partial charge in [-0.25, -0.2) is 13.4 Å². The van der Waals surface area contributed by atoms with Crippen LogP contribution in [0.1, 0.15) is 39.5 Å². The topological polar surface area (TPSA) is 107 Å². The molecule has 0 radical (unpaired) electrons. The van der Waals surface area contributed by atoms with Crippen LogP contribution < -0.4 is 4.80 Å². The van der Waals surface area contributed by atoms with Crippen molar-refractivity contribution in [1.82, 2.24) is 8.87 Å². The van der Waals surface area contributed by atoms with Crippen LogP contribution in [0, 0.1) is 16.0 Å². The van der Waals surface area contributed by atoms with Crippen LogP contribution in [0.4, 0.5) is 11.4 Å². The number of rotatable bonds is 11. The number of hydrogen-bond acceptors (Lipinski definition) is 7. The van der Waals surface area contributed by atoms with Crippen molar-refractivity contribution in [2.75, 3.05) is 26.3 Å². The minimum atomic E-state index is -3.57. The van der Waals surface area contributed by atoms with E-state index in [0.29, 0.717) is 37.9 Å². The van der Waals surface area contributed by atoms with E-state index < -0.39 is 14.9 Å². The molecule has 11 heteroatoms. The maximum absolute atomic E-state index is 13.0. The van der Waals surface area contributed by atoms with Gasteiger partial charge in [0.25, 0.3) is 5.69 Å². The molecule has 1 unspecified atom stereocenters. The lowest BCUT2D eigenvalue weighted by Gasteiger charge is -2.26. The number of benzene rings is 2. The average Bonchev–Trinajstić information content (AvgIpc) is 3.33. The maximum atomic E-state index is 13.0. The van der Waals surface area contributed by atoms with Crippen LogP contribution >= 0.6 is 11.3 Å². The van der Waals surface area contributed by atoms with E-state index in [2.05, 4.69) is 18.4 Å². The fourth-order valence-electron chi connectivity index (χ4n) is 4.49. The number of thiazole rings is 1. The molecule has 2 heterocycles. The quantitative estimate of drug-likeness (QED) is 0.225. The largest absolute Gasteiger partial charge is 0.379 e. The van der Waals surface area contributed by atoms with Crippen LogP contribution in [0.25, 0.3) is 11.3 Å². The van der Waals surface area contributed by atoms with Crippen molar-refractivity contribution in [3.05, 3.63) is 68.8 Å². The van der Waals surface area contributed by atoms with Gasteiger partial charge in [0.05, 0.1) is 34.4 Å². The molecule has 1 fully saturated rings. The molecule has 0 bridgehead atoms. The summed E-state index contributed by atoms with van der Waals surface area (Å²) in [5.74, 6) is 0.473. The molecule has 0 aliphatic carbocycles. The van der Waals surface area contributed by atoms with E-state index >= 15 is 0 Å². The number of nitrogens with zero attached hydrogens (tertiary/aromatic N) is 4. The zero-order valence-electron chi connectivity index (χ0n) is 21.8. The highest BCUT2D eigenvalue weighted by molar-refractivity contribution is 7.89.